The van der Waals surface area contributed by atoms with E-state index in [0.717, 1.165) is 0 Å². The van der Waals surface area contributed by atoms with Crippen LogP contribution >= 0.6 is 0 Å². The number of nitrogens with zero attached hydrogens (tertiary/aromatic N) is 1. The molecule has 0 aliphatic rings. The molecule has 4 nitrogen and oxygen atoms in total. The van der Waals surface area contributed by atoms with Gasteiger partial charge in [-0.2, -0.15) is 132 Å². The molecule has 0 saturated heterocycles. The number of esters is 1. The van der Waals surface area contributed by atoms with Gasteiger partial charge in [0.05, 0.1) is 49.9 Å². The molecule has 0 atom stereocenters. The number of hydrogen-bond acceptors (Lipinski definition) is 3. The van der Waals surface area contributed by atoms with E-state index in [4.69, 9.17) is 0 Å². The summed E-state index contributed by atoms with van der Waals surface area (Å²) in [5.74, 6) is -1.90. The van der Waals surface area contributed by atoms with Crippen LogP contribution in [0.15, 0.2) is 140 Å². The summed E-state index contributed by atoms with van der Waals surface area (Å²) < 4.78 is 383. The van der Waals surface area contributed by atoms with Gasteiger partial charge in [0, 0.05) is 11.6 Å². The first-order valence-corrected chi connectivity index (χ1v) is 22.3. The van der Waals surface area contributed by atoms with Gasteiger partial charge in [0.15, 0.2) is 6.20 Å². The molecule has 0 fully saturated rings. The molecule has 0 N–H and O–H groups in total. The second-order valence-corrected chi connectivity index (χ2v) is 17.7. The predicted octanol–water partition coefficient (Wildman–Crippen LogP) is 14.9. The number of rotatable bonds is 8. The van der Waals surface area contributed by atoms with Crippen molar-refractivity contribution in [3.05, 3.63) is 195 Å². The zero-order chi connectivity index (χ0) is 62.6. The van der Waals surface area contributed by atoms with Gasteiger partial charge in [0.2, 0.25) is 12.3 Å². The number of halogens is 27. The van der Waals surface area contributed by atoms with Crippen molar-refractivity contribution in [2.24, 2.45) is 0 Å². The first kappa shape index (κ1) is 64.2. The topological polar surface area (TPSA) is 47.2 Å². The minimum Gasteiger partial charge on any atom is -0.365 e. The molecule has 0 saturated carbocycles. The van der Waals surface area contributed by atoms with E-state index >= 15 is 0 Å². The lowest BCUT2D eigenvalue weighted by atomic mass is 9.12. The van der Waals surface area contributed by atoms with Gasteiger partial charge in [0.25, 0.3) is 5.69 Å². The van der Waals surface area contributed by atoms with Gasteiger partial charge in [-0.25, -0.2) is 4.79 Å². The highest BCUT2D eigenvalue weighted by molar-refractivity contribution is 7.20. The number of carbonyl (C=O) groups excluding carboxylic acids is 2. The lowest BCUT2D eigenvalue weighted by molar-refractivity contribution is -0.684. The number of Topliss-reactive ketones (excluding diaryl/α,β-unsaturated/α-hetero) is 1. The first-order chi connectivity index (χ1) is 37.6. The molecule has 0 aliphatic carbocycles. The highest BCUT2D eigenvalue weighted by Crippen LogP contribution is 2.42. The number of aromatic nitrogens is 1. The largest absolute Gasteiger partial charge is 0.575 e. The molecule has 0 aliphatic heterocycles. The Hall–Kier alpha value is -7.96. The minimum atomic E-state index is -6.13. The summed E-state index contributed by atoms with van der Waals surface area (Å²) in [5.41, 5.74) is -30.1. The molecule has 0 bridgehead atoms. The van der Waals surface area contributed by atoms with E-state index < -0.39 is 207 Å². The first-order valence-electron chi connectivity index (χ1n) is 22.3. The smallest absolute Gasteiger partial charge is 0.365 e. The van der Waals surface area contributed by atoms with Crippen molar-refractivity contribution in [1.82, 2.24) is 0 Å². The summed E-state index contributed by atoms with van der Waals surface area (Å²) in [6.45, 7) is -0.295. The Kier molecular flexibility index (Phi) is 17.0. The molecule has 83 heavy (non-hydrogen) atoms. The third-order valence-electron chi connectivity index (χ3n) is 12.2. The van der Waals surface area contributed by atoms with E-state index in [0.29, 0.717) is 10.9 Å². The van der Waals surface area contributed by atoms with Crippen LogP contribution in [-0.4, -0.2) is 24.3 Å². The SMILES string of the molecule is FC(F)(F)c1cc([B-](c2cc(C(F)(F)F)cc(C(F)(F)F)c2)(c2cc(C(F)(F)F)cc(C(F)(F)F)c2)c2cc(C(F)(F)F)cc(C(F)(F)F)c2)cc(C(F)(F)F)c1.O=C(C[n+]1ccc2ccccc2c1C(=O)OC(F)(F)F)c1ccccc1. The van der Waals surface area contributed by atoms with E-state index in [1.807, 2.05) is 0 Å². The zero-order valence-electron chi connectivity index (χ0n) is 39.9. The fourth-order valence-electron chi connectivity index (χ4n) is 8.71. The van der Waals surface area contributed by atoms with Crippen LogP contribution in [-0.2, 0) is 60.7 Å². The van der Waals surface area contributed by atoms with Crippen molar-refractivity contribution in [2.45, 2.75) is 62.3 Å². The Morgan fingerprint density at radius 1 is 0.361 bits per heavy atom. The van der Waals surface area contributed by atoms with Crippen molar-refractivity contribution in [2.75, 3.05) is 0 Å². The maximum atomic E-state index is 14.2. The van der Waals surface area contributed by atoms with Crippen LogP contribution in [0.25, 0.3) is 10.8 Å². The molecule has 0 spiro atoms. The van der Waals surface area contributed by atoms with Gasteiger partial charge in [-0.3, -0.25) is 4.79 Å². The molecule has 1 aromatic heterocycles. The van der Waals surface area contributed by atoms with Crippen LogP contribution < -0.4 is 26.4 Å². The van der Waals surface area contributed by atoms with Crippen molar-refractivity contribution in [3.8, 4) is 0 Å². The molecular formula is C51H25BF27NO3. The van der Waals surface area contributed by atoms with Gasteiger partial charge in [0.1, 0.15) is 6.15 Å². The summed E-state index contributed by atoms with van der Waals surface area (Å²) in [6, 6.07) is 7.55. The molecule has 7 aromatic rings. The van der Waals surface area contributed by atoms with Crippen molar-refractivity contribution < 1.29 is 137 Å². The van der Waals surface area contributed by atoms with E-state index in [1.54, 1.807) is 54.6 Å². The van der Waals surface area contributed by atoms with E-state index in [9.17, 15) is 128 Å². The van der Waals surface area contributed by atoms with Crippen molar-refractivity contribution >= 4 is 50.5 Å². The van der Waals surface area contributed by atoms with E-state index in [2.05, 4.69) is 4.74 Å². The van der Waals surface area contributed by atoms with Gasteiger partial charge in [-0.05, 0) is 35.7 Å². The van der Waals surface area contributed by atoms with Gasteiger partial charge >= 0.3 is 61.7 Å². The fraction of sp³-hybridized carbons (Fsp3) is 0.196. The van der Waals surface area contributed by atoms with Crippen LogP contribution in [0.4, 0.5) is 119 Å². The maximum absolute atomic E-state index is 14.2. The number of alkyl halides is 27. The van der Waals surface area contributed by atoms with Crippen LogP contribution in [0.1, 0.15) is 65.4 Å². The maximum Gasteiger partial charge on any atom is 0.575 e. The molecule has 0 amide bonds. The Morgan fingerprint density at radius 3 is 0.916 bits per heavy atom. The van der Waals surface area contributed by atoms with Gasteiger partial charge in [-0.1, -0.05) is 97.1 Å². The molecule has 6 aromatic carbocycles. The Labute approximate surface area is 445 Å². The number of hydrogen-bond donors (Lipinski definition) is 0. The number of ether oxygens (including phenoxy) is 1. The third-order valence-corrected chi connectivity index (χ3v) is 12.2. The standard InChI is InChI=1S/C32H12BF24.C19H13F3NO3/c34-25(35,36)13-1-14(26(37,38)39)6-21(5-13)33(22-7-15(27(40,41)42)2-16(8-22)28(43,44)45,23-9-17(29(46,47)48)3-18(10-23)30(49,50)51)24-11-19(31(52,53)54)4-20(12-24)32(55,56)57;20-19(21,22)26-18(25)17-15-9-5-4-6-13(15)10-11-23(17)12-16(24)14-7-2-1-3-8-14/h1-12H;1-11H,12H2/q-1;+1. The van der Waals surface area contributed by atoms with Crippen molar-refractivity contribution in [1.29, 1.82) is 0 Å². The van der Waals surface area contributed by atoms with Crippen LogP contribution in [0, 0.1) is 0 Å². The van der Waals surface area contributed by atoms with Crippen molar-refractivity contribution in [3.63, 3.8) is 0 Å². The molecule has 0 radical (unpaired) electrons. The van der Waals surface area contributed by atoms with E-state index in [-0.39, 0.29) is 23.4 Å². The van der Waals surface area contributed by atoms with E-state index in [1.165, 1.54) is 16.8 Å². The summed E-state index contributed by atoms with van der Waals surface area (Å²) in [6.07, 6.45) is -58.5. The number of fused-ring (bicyclic) bond motifs is 1. The molecule has 0 unspecified atom stereocenters. The molecule has 32 heteroatoms. The lowest BCUT2D eigenvalue weighted by Gasteiger charge is -2.46. The predicted molar refractivity (Wildman–Crippen MR) is 236 cm³/mol. The number of pyridine rings is 1. The quantitative estimate of drug-likeness (QED) is 0.0501. The summed E-state index contributed by atoms with van der Waals surface area (Å²) in [7, 11) is 0. The van der Waals surface area contributed by atoms with Crippen LogP contribution in [0.3, 0.4) is 0 Å². The summed E-state index contributed by atoms with van der Waals surface area (Å²) in [4.78, 5) is 24.6. The molecule has 1 heterocycles. The third kappa shape index (κ3) is 14.8. The minimum absolute atomic E-state index is 0.269. The van der Waals surface area contributed by atoms with Gasteiger partial charge in [-0.15, -0.1) is 13.2 Å². The second-order valence-electron chi connectivity index (χ2n) is 17.7. The fourth-order valence-corrected chi connectivity index (χ4v) is 8.71. The highest BCUT2D eigenvalue weighted by Gasteiger charge is 2.48. The lowest BCUT2D eigenvalue weighted by Crippen LogP contribution is -2.75. The number of benzene rings is 6. The zero-order valence-corrected chi connectivity index (χ0v) is 39.9. The average molecular weight is 1220 g/mol. The number of carbonyl (C=O) groups is 2. The van der Waals surface area contributed by atoms with Crippen LogP contribution in [0.5, 0.6) is 0 Å². The highest BCUT2D eigenvalue weighted by atomic mass is 19.4. The van der Waals surface area contributed by atoms with Crippen LogP contribution in [0.2, 0.25) is 0 Å². The Morgan fingerprint density at radius 2 is 0.639 bits per heavy atom. The van der Waals surface area contributed by atoms with Gasteiger partial charge < -0.3 is 4.74 Å². The number of ketones is 1. The second kappa shape index (κ2) is 22.0. The molecule has 444 valence electrons. The molecular weight excluding hydrogens is 1200 g/mol. The average Bonchev–Trinajstić information content (AvgIpc) is 3.32. The summed E-state index contributed by atoms with van der Waals surface area (Å²) >= 11 is 0. The monoisotopic (exact) mass is 1220 g/mol. The Bertz CT molecular complexity index is 3110. The normalized spacial score (nSPS) is 13.4. The molecule has 7 rings (SSSR count). The Balaban J connectivity index is 0.000000352. The summed E-state index contributed by atoms with van der Waals surface area (Å²) in [5, 5.41) is 0.829.